The van der Waals surface area contributed by atoms with E-state index < -0.39 is 22.0 Å². The number of aryl methyl sites for hydroxylation is 1. The molecule has 0 fully saturated rings. The minimum atomic E-state index is -4.15. The van der Waals surface area contributed by atoms with Crippen molar-refractivity contribution in [2.75, 3.05) is 4.31 Å². The zero-order valence-electron chi connectivity index (χ0n) is 19.7. The molecule has 5 nitrogen and oxygen atoms in total. The molecule has 1 atom stereocenters. The Hall–Kier alpha value is -3.90. The van der Waals surface area contributed by atoms with Crippen LogP contribution in [0.3, 0.4) is 0 Å². The molecule has 0 saturated heterocycles. The molecule has 178 valence electrons. The molecule has 0 aliphatic rings. The molecule has 0 aromatic heterocycles. The van der Waals surface area contributed by atoms with Gasteiger partial charge in [-0.2, -0.15) is 4.31 Å². The molecule has 0 spiro atoms. The first-order valence-corrected chi connectivity index (χ1v) is 12.9. The lowest BCUT2D eigenvalue weighted by molar-refractivity contribution is -0.123. The van der Waals surface area contributed by atoms with E-state index >= 15 is 0 Å². The average Bonchev–Trinajstić information content (AvgIpc) is 2.90. The van der Waals surface area contributed by atoms with Crippen molar-refractivity contribution in [3.05, 3.63) is 115 Å². The number of hydrogen-bond donors (Lipinski definition) is 0. The summed E-state index contributed by atoms with van der Waals surface area (Å²) in [6, 6.07) is 32.2. The summed E-state index contributed by atoms with van der Waals surface area (Å²) in [6.45, 7) is 3.57. The topological polar surface area (TPSA) is 63.7 Å². The van der Waals surface area contributed by atoms with Crippen molar-refractivity contribution in [1.82, 2.24) is 0 Å². The Kier molecular flexibility index (Phi) is 7.32. The monoisotopic (exact) mass is 485 g/mol. The lowest BCUT2D eigenvalue weighted by Gasteiger charge is -2.26. The van der Waals surface area contributed by atoms with Gasteiger partial charge in [0.05, 0.1) is 10.6 Å². The highest BCUT2D eigenvalue weighted by Crippen LogP contribution is 2.27. The molecule has 0 radical (unpaired) electrons. The minimum absolute atomic E-state index is 0.0346. The normalized spacial score (nSPS) is 12.1. The maximum Gasteiger partial charge on any atom is 0.281 e. The molecule has 4 rings (SSSR count). The first-order chi connectivity index (χ1) is 16.9. The molecule has 4 aromatic carbocycles. The van der Waals surface area contributed by atoms with Crippen LogP contribution in [0.4, 0.5) is 5.69 Å². The fourth-order valence-electron chi connectivity index (χ4n) is 3.73. The van der Waals surface area contributed by atoms with Crippen LogP contribution >= 0.6 is 0 Å². The summed E-state index contributed by atoms with van der Waals surface area (Å²) in [5.41, 5.74) is 3.40. The quantitative estimate of drug-likeness (QED) is 0.302. The molecule has 0 bridgehead atoms. The van der Waals surface area contributed by atoms with Crippen LogP contribution in [-0.2, 0) is 21.2 Å². The summed E-state index contributed by atoms with van der Waals surface area (Å²) in [5, 5.41) is 0. The van der Waals surface area contributed by atoms with Gasteiger partial charge in [-0.25, -0.2) is 8.42 Å². The van der Waals surface area contributed by atoms with Crippen molar-refractivity contribution in [2.24, 2.45) is 0 Å². The number of nitrogens with zero attached hydrogens (tertiary/aromatic N) is 1. The van der Waals surface area contributed by atoms with Crippen molar-refractivity contribution >= 4 is 21.6 Å². The third-order valence-corrected chi connectivity index (χ3v) is 7.42. The Balaban J connectivity index is 1.62. The van der Waals surface area contributed by atoms with Gasteiger partial charge in [-0.1, -0.05) is 79.7 Å². The molecular formula is C29H27NO4S. The molecule has 1 amide bonds. The lowest BCUT2D eigenvalue weighted by atomic mass is 10.1. The smallest absolute Gasteiger partial charge is 0.281 e. The number of benzene rings is 4. The van der Waals surface area contributed by atoms with Crippen LogP contribution in [0.15, 0.2) is 114 Å². The van der Waals surface area contributed by atoms with Gasteiger partial charge in [0.1, 0.15) is 5.75 Å². The fourth-order valence-corrected chi connectivity index (χ4v) is 5.22. The molecule has 0 heterocycles. The zero-order chi connectivity index (χ0) is 24.8. The van der Waals surface area contributed by atoms with E-state index in [-0.39, 0.29) is 10.6 Å². The van der Waals surface area contributed by atoms with Crippen molar-refractivity contribution in [3.63, 3.8) is 0 Å². The molecule has 6 heteroatoms. The Morgan fingerprint density at radius 2 is 1.31 bits per heavy atom. The molecule has 0 aliphatic carbocycles. The van der Waals surface area contributed by atoms with Gasteiger partial charge in [-0.05, 0) is 66.4 Å². The summed E-state index contributed by atoms with van der Waals surface area (Å²) in [6.07, 6.45) is -0.236. The van der Waals surface area contributed by atoms with Gasteiger partial charge >= 0.3 is 0 Å². The summed E-state index contributed by atoms with van der Waals surface area (Å²) in [5.74, 6) is -0.200. The van der Waals surface area contributed by atoms with Crippen molar-refractivity contribution < 1.29 is 17.9 Å². The number of anilines is 1. The molecule has 4 aromatic rings. The molecule has 0 saturated carbocycles. The predicted octanol–water partition coefficient (Wildman–Crippen LogP) is 6.11. The van der Waals surface area contributed by atoms with E-state index in [0.29, 0.717) is 5.75 Å². The second-order valence-corrected chi connectivity index (χ2v) is 9.88. The predicted molar refractivity (Wildman–Crippen MR) is 139 cm³/mol. The summed E-state index contributed by atoms with van der Waals surface area (Å²) < 4.78 is 33.8. The van der Waals surface area contributed by atoms with E-state index in [4.69, 9.17) is 4.74 Å². The van der Waals surface area contributed by atoms with Crippen LogP contribution in [0.1, 0.15) is 19.4 Å². The first kappa shape index (κ1) is 24.2. The Morgan fingerprint density at radius 1 is 0.771 bits per heavy atom. The molecule has 0 N–H and O–H groups in total. The largest absolute Gasteiger partial charge is 0.481 e. The SMILES string of the molecule is CCc1ccc(N(C(=O)C(C)Oc2ccc(-c3ccccc3)cc2)S(=O)(=O)c2ccccc2)cc1. The lowest BCUT2D eigenvalue weighted by Crippen LogP contribution is -2.44. The summed E-state index contributed by atoms with van der Waals surface area (Å²) >= 11 is 0. The number of ether oxygens (including phenoxy) is 1. The maximum atomic E-state index is 13.5. The van der Waals surface area contributed by atoms with E-state index in [1.807, 2.05) is 61.5 Å². The van der Waals surface area contributed by atoms with Crippen molar-refractivity contribution in [2.45, 2.75) is 31.3 Å². The van der Waals surface area contributed by atoms with Gasteiger partial charge in [0, 0.05) is 0 Å². The van der Waals surface area contributed by atoms with E-state index in [1.165, 1.54) is 12.1 Å². The van der Waals surface area contributed by atoms with Gasteiger partial charge < -0.3 is 4.74 Å². The summed E-state index contributed by atoms with van der Waals surface area (Å²) in [7, 11) is -4.15. The van der Waals surface area contributed by atoms with Crippen LogP contribution in [0.5, 0.6) is 5.75 Å². The molecular weight excluding hydrogens is 458 g/mol. The van der Waals surface area contributed by atoms with E-state index in [2.05, 4.69) is 0 Å². The Labute approximate surface area is 206 Å². The van der Waals surface area contributed by atoms with Crippen LogP contribution in [0, 0.1) is 0 Å². The van der Waals surface area contributed by atoms with Crippen LogP contribution < -0.4 is 9.04 Å². The first-order valence-electron chi connectivity index (χ1n) is 11.5. The van der Waals surface area contributed by atoms with Crippen molar-refractivity contribution in [3.8, 4) is 16.9 Å². The van der Waals surface area contributed by atoms with Gasteiger partial charge in [-0.3, -0.25) is 4.79 Å². The fraction of sp³-hybridized carbons (Fsp3) is 0.138. The van der Waals surface area contributed by atoms with Crippen LogP contribution in [0.2, 0.25) is 0 Å². The Bertz CT molecular complexity index is 1370. The van der Waals surface area contributed by atoms with Crippen LogP contribution in [0.25, 0.3) is 11.1 Å². The zero-order valence-corrected chi connectivity index (χ0v) is 20.5. The number of carbonyl (C=O) groups excluding carboxylic acids is 1. The second kappa shape index (κ2) is 10.6. The molecule has 0 aliphatic heterocycles. The van der Waals surface area contributed by atoms with Gasteiger partial charge in [-0.15, -0.1) is 0 Å². The van der Waals surface area contributed by atoms with E-state index in [9.17, 15) is 13.2 Å². The second-order valence-electron chi connectivity index (χ2n) is 8.09. The van der Waals surface area contributed by atoms with Gasteiger partial charge in [0.15, 0.2) is 6.10 Å². The minimum Gasteiger partial charge on any atom is -0.481 e. The number of carbonyl (C=O) groups is 1. The van der Waals surface area contributed by atoms with Gasteiger partial charge in [0.2, 0.25) is 0 Å². The number of hydrogen-bond acceptors (Lipinski definition) is 4. The maximum absolute atomic E-state index is 13.5. The number of sulfonamides is 1. The average molecular weight is 486 g/mol. The van der Waals surface area contributed by atoms with Crippen LogP contribution in [-0.4, -0.2) is 20.4 Å². The Morgan fingerprint density at radius 3 is 1.89 bits per heavy atom. The third kappa shape index (κ3) is 5.44. The van der Waals surface area contributed by atoms with E-state index in [1.54, 1.807) is 49.4 Å². The summed E-state index contributed by atoms with van der Waals surface area (Å²) in [4.78, 5) is 13.6. The highest BCUT2D eigenvalue weighted by Gasteiger charge is 2.34. The number of rotatable bonds is 8. The molecule has 35 heavy (non-hydrogen) atoms. The van der Waals surface area contributed by atoms with Gasteiger partial charge in [0.25, 0.3) is 15.9 Å². The van der Waals surface area contributed by atoms with E-state index in [0.717, 1.165) is 27.4 Å². The van der Waals surface area contributed by atoms with Crippen molar-refractivity contribution in [1.29, 1.82) is 0 Å². The number of amides is 1. The third-order valence-electron chi connectivity index (χ3n) is 5.68. The molecule has 1 unspecified atom stereocenters. The highest BCUT2D eigenvalue weighted by atomic mass is 32.2. The highest BCUT2D eigenvalue weighted by molar-refractivity contribution is 7.93. The standard InChI is InChI=1S/C29H27NO4S/c1-3-23-14-18-26(19-15-23)30(35(32,33)28-12-8-5-9-13-28)29(31)22(2)34-27-20-16-25(17-21-27)24-10-6-4-7-11-24/h4-22H,3H2,1-2H3.